The van der Waals surface area contributed by atoms with Crippen LogP contribution in [0.4, 0.5) is 0 Å². The summed E-state index contributed by atoms with van der Waals surface area (Å²) in [5.41, 5.74) is 1.14. The van der Waals surface area contributed by atoms with Gasteiger partial charge in [-0.15, -0.1) is 0 Å². The van der Waals surface area contributed by atoms with Crippen LogP contribution in [-0.4, -0.2) is 28.2 Å². The molecular weight excluding hydrogens is 220 g/mol. The summed E-state index contributed by atoms with van der Waals surface area (Å²) >= 11 is 0. The lowest BCUT2D eigenvalue weighted by atomic mass is 10.1. The fourth-order valence-electron chi connectivity index (χ4n) is 1.49. The summed E-state index contributed by atoms with van der Waals surface area (Å²) in [6.45, 7) is 0. The molecule has 5 nitrogen and oxygen atoms in total. The van der Waals surface area contributed by atoms with Crippen LogP contribution < -0.4 is 4.74 Å². The highest BCUT2D eigenvalue weighted by Gasteiger charge is 2.13. The standard InChI is InChI=1S/C12H10N2O3/c1-17-9-4-2-3-8(5-9)11-10(12(15)16)6-13-7-14-11/h2-7H,1H3,(H,15,16). The number of rotatable bonds is 3. The highest BCUT2D eigenvalue weighted by molar-refractivity contribution is 5.94. The molecule has 0 spiro atoms. The fourth-order valence-corrected chi connectivity index (χ4v) is 1.49. The molecule has 5 heteroatoms. The first kappa shape index (κ1) is 11.1. The molecule has 0 radical (unpaired) electrons. The second-order valence-electron chi connectivity index (χ2n) is 3.32. The Morgan fingerprint density at radius 3 is 2.94 bits per heavy atom. The van der Waals surface area contributed by atoms with Crippen molar-refractivity contribution in [2.24, 2.45) is 0 Å². The van der Waals surface area contributed by atoms with Crippen LogP contribution in [0.5, 0.6) is 5.75 Å². The van der Waals surface area contributed by atoms with E-state index in [1.54, 1.807) is 31.4 Å². The Bertz CT molecular complexity index is 555. The van der Waals surface area contributed by atoms with E-state index in [4.69, 9.17) is 9.84 Å². The molecule has 1 N–H and O–H groups in total. The van der Waals surface area contributed by atoms with Crippen LogP contribution in [0.25, 0.3) is 11.3 Å². The van der Waals surface area contributed by atoms with E-state index in [2.05, 4.69) is 9.97 Å². The maximum absolute atomic E-state index is 11.0. The first-order valence-corrected chi connectivity index (χ1v) is 4.90. The van der Waals surface area contributed by atoms with Crippen LogP contribution in [0.15, 0.2) is 36.8 Å². The first-order chi connectivity index (χ1) is 8.22. The van der Waals surface area contributed by atoms with E-state index < -0.39 is 5.97 Å². The van der Waals surface area contributed by atoms with Crippen LogP contribution >= 0.6 is 0 Å². The smallest absolute Gasteiger partial charge is 0.339 e. The van der Waals surface area contributed by atoms with E-state index in [0.29, 0.717) is 17.0 Å². The second-order valence-corrected chi connectivity index (χ2v) is 3.32. The number of hydrogen-bond acceptors (Lipinski definition) is 4. The van der Waals surface area contributed by atoms with Gasteiger partial charge < -0.3 is 9.84 Å². The van der Waals surface area contributed by atoms with Gasteiger partial charge in [-0.05, 0) is 12.1 Å². The van der Waals surface area contributed by atoms with Crippen molar-refractivity contribution >= 4 is 5.97 Å². The molecule has 0 aliphatic heterocycles. The summed E-state index contributed by atoms with van der Waals surface area (Å²) in [6, 6.07) is 7.07. The molecular formula is C12H10N2O3. The van der Waals surface area contributed by atoms with Crippen molar-refractivity contribution in [3.63, 3.8) is 0 Å². The van der Waals surface area contributed by atoms with E-state index in [1.807, 2.05) is 0 Å². The number of carboxylic acids is 1. The van der Waals surface area contributed by atoms with Crippen LogP contribution in [0, 0.1) is 0 Å². The normalized spacial score (nSPS) is 9.94. The molecule has 86 valence electrons. The quantitative estimate of drug-likeness (QED) is 0.871. The Morgan fingerprint density at radius 1 is 1.41 bits per heavy atom. The Labute approximate surface area is 97.7 Å². The largest absolute Gasteiger partial charge is 0.497 e. The minimum Gasteiger partial charge on any atom is -0.497 e. The highest BCUT2D eigenvalue weighted by atomic mass is 16.5. The molecule has 1 heterocycles. The molecule has 0 amide bonds. The Kier molecular flexibility index (Phi) is 3.00. The third kappa shape index (κ3) is 2.23. The minimum absolute atomic E-state index is 0.0701. The van der Waals surface area contributed by atoms with Gasteiger partial charge in [-0.3, -0.25) is 0 Å². The summed E-state index contributed by atoms with van der Waals surface area (Å²) in [4.78, 5) is 18.7. The molecule has 0 saturated heterocycles. The van der Waals surface area contributed by atoms with Gasteiger partial charge in [0.15, 0.2) is 0 Å². The predicted octanol–water partition coefficient (Wildman–Crippen LogP) is 1.85. The molecule has 2 aromatic rings. The zero-order chi connectivity index (χ0) is 12.3. The van der Waals surface area contributed by atoms with Crippen molar-refractivity contribution < 1.29 is 14.6 Å². The number of aromatic nitrogens is 2. The van der Waals surface area contributed by atoms with Gasteiger partial charge in [-0.25, -0.2) is 14.8 Å². The SMILES string of the molecule is COc1cccc(-c2ncncc2C(=O)O)c1. The van der Waals surface area contributed by atoms with E-state index in [-0.39, 0.29) is 5.56 Å². The van der Waals surface area contributed by atoms with Gasteiger partial charge in [0.2, 0.25) is 0 Å². The summed E-state index contributed by atoms with van der Waals surface area (Å²) in [7, 11) is 1.55. The Hall–Kier alpha value is -2.43. The second kappa shape index (κ2) is 4.61. The molecule has 1 aromatic heterocycles. The number of aromatic carboxylic acids is 1. The number of hydrogen-bond donors (Lipinski definition) is 1. The number of carbonyl (C=O) groups is 1. The van der Waals surface area contributed by atoms with Gasteiger partial charge in [-0.1, -0.05) is 12.1 Å². The molecule has 17 heavy (non-hydrogen) atoms. The lowest BCUT2D eigenvalue weighted by Gasteiger charge is -2.06. The maximum atomic E-state index is 11.0. The average Bonchev–Trinajstić information content (AvgIpc) is 2.39. The molecule has 0 aliphatic carbocycles. The van der Waals surface area contributed by atoms with E-state index in [9.17, 15) is 4.79 Å². The average molecular weight is 230 g/mol. The number of benzene rings is 1. The van der Waals surface area contributed by atoms with Crippen LogP contribution in [-0.2, 0) is 0 Å². The lowest BCUT2D eigenvalue weighted by molar-refractivity contribution is 0.0697. The number of nitrogens with zero attached hydrogens (tertiary/aromatic N) is 2. The van der Waals surface area contributed by atoms with E-state index >= 15 is 0 Å². The van der Waals surface area contributed by atoms with Gasteiger partial charge >= 0.3 is 5.97 Å². The summed E-state index contributed by atoms with van der Waals surface area (Å²) < 4.78 is 5.09. The van der Waals surface area contributed by atoms with Crippen molar-refractivity contribution in [1.29, 1.82) is 0 Å². The number of carboxylic acid groups (broad SMARTS) is 1. The minimum atomic E-state index is -1.05. The van der Waals surface area contributed by atoms with Gasteiger partial charge in [0.25, 0.3) is 0 Å². The third-order valence-electron chi connectivity index (χ3n) is 2.29. The lowest BCUT2D eigenvalue weighted by Crippen LogP contribution is -2.02. The zero-order valence-electron chi connectivity index (χ0n) is 9.12. The topological polar surface area (TPSA) is 72.3 Å². The molecule has 0 saturated carbocycles. The molecule has 0 atom stereocenters. The maximum Gasteiger partial charge on any atom is 0.339 e. The van der Waals surface area contributed by atoms with E-state index in [0.717, 1.165) is 0 Å². The summed E-state index contributed by atoms with van der Waals surface area (Å²) in [5, 5.41) is 9.04. The van der Waals surface area contributed by atoms with Gasteiger partial charge in [0, 0.05) is 11.8 Å². The van der Waals surface area contributed by atoms with Gasteiger partial charge in [0.1, 0.15) is 17.6 Å². The summed E-state index contributed by atoms with van der Waals surface area (Å²) in [6.07, 6.45) is 2.60. The van der Waals surface area contributed by atoms with Crippen molar-refractivity contribution in [3.05, 3.63) is 42.4 Å². The predicted molar refractivity (Wildman–Crippen MR) is 61.0 cm³/mol. The molecule has 2 rings (SSSR count). The first-order valence-electron chi connectivity index (χ1n) is 4.90. The molecule has 0 unspecified atom stereocenters. The molecule has 1 aromatic carbocycles. The van der Waals surface area contributed by atoms with Crippen molar-refractivity contribution in [2.45, 2.75) is 0 Å². The zero-order valence-corrected chi connectivity index (χ0v) is 9.12. The molecule has 0 fully saturated rings. The summed E-state index contributed by atoms with van der Waals surface area (Å²) in [5.74, 6) is -0.402. The van der Waals surface area contributed by atoms with Gasteiger partial charge in [0.05, 0.1) is 12.8 Å². The monoisotopic (exact) mass is 230 g/mol. The van der Waals surface area contributed by atoms with Gasteiger partial charge in [-0.2, -0.15) is 0 Å². The van der Waals surface area contributed by atoms with Crippen LogP contribution in [0.2, 0.25) is 0 Å². The van der Waals surface area contributed by atoms with Crippen molar-refractivity contribution in [2.75, 3.05) is 7.11 Å². The van der Waals surface area contributed by atoms with E-state index in [1.165, 1.54) is 12.5 Å². The fraction of sp³-hybridized carbons (Fsp3) is 0.0833. The Morgan fingerprint density at radius 2 is 2.24 bits per heavy atom. The van der Waals surface area contributed by atoms with Crippen molar-refractivity contribution in [3.8, 4) is 17.0 Å². The molecule has 0 aliphatic rings. The Balaban J connectivity index is 2.56. The van der Waals surface area contributed by atoms with Crippen molar-refractivity contribution in [1.82, 2.24) is 9.97 Å². The molecule has 0 bridgehead atoms. The number of methoxy groups -OCH3 is 1. The number of ether oxygens (including phenoxy) is 1. The van der Waals surface area contributed by atoms with Crippen LogP contribution in [0.1, 0.15) is 10.4 Å². The van der Waals surface area contributed by atoms with Crippen LogP contribution in [0.3, 0.4) is 0 Å². The highest BCUT2D eigenvalue weighted by Crippen LogP contribution is 2.24. The third-order valence-corrected chi connectivity index (χ3v) is 2.29.